The van der Waals surface area contributed by atoms with Crippen molar-refractivity contribution >= 4 is 0 Å². The number of aliphatic hydroxyl groups excluding tert-OH is 1. The number of rotatable bonds is 10. The molecule has 4 heteroatoms. The molecule has 0 heterocycles. The Morgan fingerprint density at radius 3 is 2.87 bits per heavy atom. The van der Waals surface area contributed by atoms with Crippen molar-refractivity contribution in [2.75, 3.05) is 40.0 Å². The van der Waals surface area contributed by atoms with Crippen LogP contribution in [-0.4, -0.2) is 51.2 Å². The van der Waals surface area contributed by atoms with E-state index in [-0.39, 0.29) is 0 Å². The molecule has 0 aliphatic heterocycles. The van der Waals surface area contributed by atoms with Crippen LogP contribution in [-0.2, 0) is 9.47 Å². The number of nitrogens with one attached hydrogen (secondary N) is 1. The van der Waals surface area contributed by atoms with Crippen molar-refractivity contribution in [2.45, 2.75) is 25.4 Å². The van der Waals surface area contributed by atoms with E-state index >= 15 is 0 Å². The Bertz CT molecular complexity index is 151. The average molecular weight is 217 g/mol. The normalized spacial score (nSPS) is 18.0. The Kier molecular flexibility index (Phi) is 6.92. The summed E-state index contributed by atoms with van der Waals surface area (Å²) >= 11 is 0. The molecule has 4 nitrogen and oxygen atoms in total. The molecule has 1 atom stereocenters. The van der Waals surface area contributed by atoms with Crippen LogP contribution in [0.25, 0.3) is 0 Å². The lowest BCUT2D eigenvalue weighted by Crippen LogP contribution is -2.31. The summed E-state index contributed by atoms with van der Waals surface area (Å²) < 4.78 is 10.0. The van der Waals surface area contributed by atoms with E-state index in [2.05, 4.69) is 5.32 Å². The van der Waals surface area contributed by atoms with E-state index in [9.17, 15) is 5.11 Å². The van der Waals surface area contributed by atoms with Gasteiger partial charge in [0, 0.05) is 13.7 Å². The summed E-state index contributed by atoms with van der Waals surface area (Å²) in [7, 11) is 1.64. The molecule has 15 heavy (non-hydrogen) atoms. The Balaban J connectivity index is 1.77. The molecule has 2 N–H and O–H groups in total. The smallest absolute Gasteiger partial charge is 0.0897 e. The highest BCUT2D eigenvalue weighted by atomic mass is 16.5. The zero-order chi connectivity index (χ0) is 10.9. The Labute approximate surface area is 92.0 Å². The molecule has 1 unspecified atom stereocenters. The predicted molar refractivity (Wildman–Crippen MR) is 58.9 cm³/mol. The van der Waals surface area contributed by atoms with Crippen LogP contribution in [0.3, 0.4) is 0 Å². The van der Waals surface area contributed by atoms with Crippen LogP contribution in [0.5, 0.6) is 0 Å². The van der Waals surface area contributed by atoms with E-state index in [1.807, 2.05) is 0 Å². The molecule has 0 amide bonds. The van der Waals surface area contributed by atoms with Crippen LogP contribution < -0.4 is 5.32 Å². The first-order valence-corrected chi connectivity index (χ1v) is 5.78. The second kappa shape index (κ2) is 8.05. The Hall–Kier alpha value is -0.160. The topological polar surface area (TPSA) is 50.7 Å². The lowest BCUT2D eigenvalue weighted by Gasteiger charge is -2.11. The fourth-order valence-corrected chi connectivity index (χ4v) is 1.40. The molecule has 0 aromatic carbocycles. The first-order valence-electron chi connectivity index (χ1n) is 5.78. The van der Waals surface area contributed by atoms with E-state index in [1.54, 1.807) is 7.11 Å². The van der Waals surface area contributed by atoms with Crippen LogP contribution in [0.4, 0.5) is 0 Å². The number of hydrogen-bond donors (Lipinski definition) is 2. The highest BCUT2D eigenvalue weighted by molar-refractivity contribution is 4.73. The summed E-state index contributed by atoms with van der Waals surface area (Å²) in [6.07, 6.45) is 3.63. The van der Waals surface area contributed by atoms with Crippen LogP contribution in [0.1, 0.15) is 19.3 Å². The van der Waals surface area contributed by atoms with Gasteiger partial charge in [0.05, 0.1) is 25.9 Å². The van der Waals surface area contributed by atoms with Crippen molar-refractivity contribution in [1.82, 2.24) is 5.32 Å². The van der Waals surface area contributed by atoms with Gasteiger partial charge in [-0.1, -0.05) is 12.8 Å². The van der Waals surface area contributed by atoms with E-state index in [0.717, 1.165) is 12.5 Å². The maximum atomic E-state index is 9.50. The molecule has 1 aliphatic rings. The van der Waals surface area contributed by atoms with Gasteiger partial charge in [0.15, 0.2) is 0 Å². The largest absolute Gasteiger partial charge is 0.389 e. The molecule has 0 radical (unpaired) electrons. The highest BCUT2D eigenvalue weighted by Gasteiger charge is 2.20. The molecule has 90 valence electrons. The standard InChI is InChI=1S/C11H23NO3/c1-14-6-7-15-9-11(13)8-12-5-4-10-2-3-10/h10-13H,2-9H2,1H3. The van der Waals surface area contributed by atoms with E-state index in [4.69, 9.17) is 9.47 Å². The summed E-state index contributed by atoms with van der Waals surface area (Å²) in [5.74, 6) is 0.951. The van der Waals surface area contributed by atoms with Gasteiger partial charge in [-0.15, -0.1) is 0 Å². The molecular formula is C11H23NO3. The third-order valence-electron chi connectivity index (χ3n) is 2.55. The molecule has 0 saturated heterocycles. The van der Waals surface area contributed by atoms with Crippen molar-refractivity contribution in [3.63, 3.8) is 0 Å². The fraction of sp³-hybridized carbons (Fsp3) is 1.00. The minimum absolute atomic E-state index is 0.389. The maximum Gasteiger partial charge on any atom is 0.0897 e. The third-order valence-corrected chi connectivity index (χ3v) is 2.55. The lowest BCUT2D eigenvalue weighted by molar-refractivity contribution is 0.0138. The van der Waals surface area contributed by atoms with Gasteiger partial charge in [0.2, 0.25) is 0 Å². The summed E-state index contributed by atoms with van der Waals surface area (Å²) in [6, 6.07) is 0. The molecule has 0 spiro atoms. The number of ether oxygens (including phenoxy) is 2. The molecule has 0 aromatic heterocycles. The lowest BCUT2D eigenvalue weighted by atomic mass is 10.3. The molecular weight excluding hydrogens is 194 g/mol. The Morgan fingerprint density at radius 2 is 2.20 bits per heavy atom. The minimum atomic E-state index is -0.402. The van der Waals surface area contributed by atoms with E-state index in [1.165, 1.54) is 19.3 Å². The number of aliphatic hydroxyl groups is 1. The fourth-order valence-electron chi connectivity index (χ4n) is 1.40. The van der Waals surface area contributed by atoms with E-state index in [0.29, 0.717) is 26.4 Å². The molecule has 0 aromatic rings. The highest BCUT2D eigenvalue weighted by Crippen LogP contribution is 2.31. The summed E-state index contributed by atoms with van der Waals surface area (Å²) in [6.45, 7) is 3.16. The molecule has 1 rings (SSSR count). The monoisotopic (exact) mass is 217 g/mol. The van der Waals surface area contributed by atoms with Gasteiger partial charge in [0.1, 0.15) is 0 Å². The summed E-state index contributed by atoms with van der Waals surface area (Å²) in [5, 5.41) is 12.7. The van der Waals surface area contributed by atoms with Gasteiger partial charge >= 0.3 is 0 Å². The first kappa shape index (κ1) is 12.9. The second-order valence-corrected chi connectivity index (χ2v) is 4.16. The van der Waals surface area contributed by atoms with Gasteiger partial charge < -0.3 is 19.9 Å². The SMILES string of the molecule is COCCOCC(O)CNCCC1CC1. The average Bonchev–Trinajstić information content (AvgIpc) is 3.03. The zero-order valence-corrected chi connectivity index (χ0v) is 9.58. The quantitative estimate of drug-likeness (QED) is 0.520. The van der Waals surface area contributed by atoms with Crippen LogP contribution in [0, 0.1) is 5.92 Å². The summed E-state index contributed by atoms with van der Waals surface area (Å²) in [4.78, 5) is 0. The minimum Gasteiger partial charge on any atom is -0.389 e. The second-order valence-electron chi connectivity index (χ2n) is 4.16. The number of methoxy groups -OCH3 is 1. The number of hydrogen-bond acceptors (Lipinski definition) is 4. The van der Waals surface area contributed by atoms with Crippen molar-refractivity contribution in [3.05, 3.63) is 0 Å². The third kappa shape index (κ3) is 7.73. The van der Waals surface area contributed by atoms with Gasteiger partial charge in [0.25, 0.3) is 0 Å². The van der Waals surface area contributed by atoms with Crippen molar-refractivity contribution in [1.29, 1.82) is 0 Å². The molecule has 0 bridgehead atoms. The van der Waals surface area contributed by atoms with Crippen LogP contribution in [0.15, 0.2) is 0 Å². The zero-order valence-electron chi connectivity index (χ0n) is 9.58. The van der Waals surface area contributed by atoms with Gasteiger partial charge in [-0.25, -0.2) is 0 Å². The maximum absolute atomic E-state index is 9.50. The first-order chi connectivity index (χ1) is 7.33. The van der Waals surface area contributed by atoms with Crippen molar-refractivity contribution in [2.24, 2.45) is 5.92 Å². The van der Waals surface area contributed by atoms with Gasteiger partial charge in [-0.3, -0.25) is 0 Å². The summed E-state index contributed by atoms with van der Waals surface area (Å²) in [5.41, 5.74) is 0. The molecule has 1 aliphatic carbocycles. The van der Waals surface area contributed by atoms with Crippen molar-refractivity contribution in [3.8, 4) is 0 Å². The Morgan fingerprint density at radius 1 is 1.40 bits per heavy atom. The van der Waals surface area contributed by atoms with Crippen LogP contribution in [0.2, 0.25) is 0 Å². The van der Waals surface area contributed by atoms with Crippen LogP contribution >= 0.6 is 0 Å². The van der Waals surface area contributed by atoms with Crippen molar-refractivity contribution < 1.29 is 14.6 Å². The van der Waals surface area contributed by atoms with Gasteiger partial charge in [-0.05, 0) is 18.9 Å². The van der Waals surface area contributed by atoms with Gasteiger partial charge in [-0.2, -0.15) is 0 Å². The molecule has 1 fully saturated rings. The molecule has 1 saturated carbocycles. The predicted octanol–water partition coefficient (Wildman–Crippen LogP) is 0.400. The van der Waals surface area contributed by atoms with E-state index < -0.39 is 6.10 Å².